The molecule has 0 atom stereocenters. The van der Waals surface area contributed by atoms with Gasteiger partial charge in [-0.05, 0) is 101 Å². The number of anilines is 3. The minimum absolute atomic E-state index is 0.201. The van der Waals surface area contributed by atoms with Crippen molar-refractivity contribution in [3.8, 4) is 33.4 Å². The van der Waals surface area contributed by atoms with Crippen LogP contribution in [0.5, 0.6) is 0 Å². The van der Waals surface area contributed by atoms with Crippen LogP contribution < -0.4 is 4.90 Å². The molecule has 3 aliphatic carbocycles. The van der Waals surface area contributed by atoms with Crippen LogP contribution in [-0.4, -0.2) is 0 Å². The number of hydrogen-bond acceptors (Lipinski definition) is 1. The fourth-order valence-corrected chi connectivity index (χ4v) is 11.8. The molecule has 9 aromatic rings. The van der Waals surface area contributed by atoms with Crippen LogP contribution >= 0.6 is 0 Å². The molecule has 0 unspecified atom stereocenters. The minimum Gasteiger partial charge on any atom is -0.309 e. The molecule has 278 valence electrons. The standard InChI is InChI=1S/C57H45N/c1-55(2)43-28-16-13-25-40(43)49-46(31-34-19-7-10-22-37(34)52(49)55)58(47-32-35-20-8-11-23-38(35)53-50(47)41-26-14-17-29-44(41)56(53,3)4)48-33-36-21-9-12-24-39(36)54-51(48)42-27-15-18-30-45(42)57(54,5)6/h7-33H,1-6H3. The predicted octanol–water partition coefficient (Wildman–Crippen LogP) is 15.5. The highest BCUT2D eigenvalue weighted by Crippen LogP contribution is 2.63. The van der Waals surface area contributed by atoms with Gasteiger partial charge in [-0.1, -0.05) is 187 Å². The van der Waals surface area contributed by atoms with Gasteiger partial charge in [0.15, 0.2) is 0 Å². The summed E-state index contributed by atoms with van der Waals surface area (Å²) in [4.78, 5) is 2.72. The molecular formula is C57H45N. The van der Waals surface area contributed by atoms with Gasteiger partial charge in [0.25, 0.3) is 0 Å². The lowest BCUT2D eigenvalue weighted by atomic mass is 9.79. The second kappa shape index (κ2) is 11.4. The maximum absolute atomic E-state index is 2.72. The van der Waals surface area contributed by atoms with Crippen molar-refractivity contribution >= 4 is 49.4 Å². The minimum atomic E-state index is -0.201. The molecule has 0 aliphatic heterocycles. The maximum Gasteiger partial charge on any atom is 0.0550 e. The molecule has 0 saturated carbocycles. The highest BCUT2D eigenvalue weighted by Gasteiger charge is 2.45. The monoisotopic (exact) mass is 743 g/mol. The molecule has 9 aromatic carbocycles. The van der Waals surface area contributed by atoms with E-state index in [1.807, 2.05) is 0 Å². The van der Waals surface area contributed by atoms with E-state index < -0.39 is 0 Å². The summed E-state index contributed by atoms with van der Waals surface area (Å²) < 4.78 is 0. The maximum atomic E-state index is 2.72. The first-order valence-electron chi connectivity index (χ1n) is 20.9. The van der Waals surface area contributed by atoms with Crippen LogP contribution in [0.3, 0.4) is 0 Å². The van der Waals surface area contributed by atoms with Crippen LogP contribution in [0.2, 0.25) is 0 Å². The lowest BCUT2D eigenvalue weighted by Gasteiger charge is -2.34. The molecule has 58 heavy (non-hydrogen) atoms. The Bertz CT molecular complexity index is 2920. The predicted molar refractivity (Wildman–Crippen MR) is 246 cm³/mol. The SMILES string of the molecule is CC1(C)c2ccccc2-c2c(N(c3cc4ccccc4c4c3-c3ccccc3C4(C)C)c3cc4ccccc4c4c3-c3ccccc3C4(C)C)cc3ccccc3c21. The summed E-state index contributed by atoms with van der Waals surface area (Å²) in [5, 5.41) is 7.77. The van der Waals surface area contributed by atoms with Crippen molar-refractivity contribution in [2.75, 3.05) is 4.90 Å². The molecule has 0 saturated heterocycles. The smallest absolute Gasteiger partial charge is 0.0550 e. The van der Waals surface area contributed by atoms with Gasteiger partial charge < -0.3 is 4.90 Å². The average molecular weight is 744 g/mol. The van der Waals surface area contributed by atoms with Crippen molar-refractivity contribution in [1.82, 2.24) is 0 Å². The van der Waals surface area contributed by atoms with E-state index in [0.29, 0.717) is 0 Å². The summed E-state index contributed by atoms with van der Waals surface area (Å²) in [5.41, 5.74) is 19.4. The zero-order valence-corrected chi connectivity index (χ0v) is 34.0. The summed E-state index contributed by atoms with van der Waals surface area (Å²) in [5.74, 6) is 0. The summed E-state index contributed by atoms with van der Waals surface area (Å²) in [6.07, 6.45) is 0. The Kier molecular flexibility index (Phi) is 6.60. The topological polar surface area (TPSA) is 3.24 Å². The first-order valence-corrected chi connectivity index (χ1v) is 20.9. The van der Waals surface area contributed by atoms with E-state index >= 15 is 0 Å². The summed E-state index contributed by atoms with van der Waals surface area (Å²) in [7, 11) is 0. The van der Waals surface area contributed by atoms with E-state index in [4.69, 9.17) is 0 Å². The Morgan fingerprint density at radius 1 is 0.310 bits per heavy atom. The van der Waals surface area contributed by atoms with Crippen molar-refractivity contribution < 1.29 is 0 Å². The van der Waals surface area contributed by atoms with Crippen LogP contribution in [0.1, 0.15) is 74.9 Å². The quantitative estimate of drug-likeness (QED) is 0.174. The molecule has 1 heteroatoms. The summed E-state index contributed by atoms with van der Waals surface area (Å²) in [6, 6.07) is 62.3. The number of fused-ring (bicyclic) bond motifs is 15. The fraction of sp³-hybridized carbons (Fsp3) is 0.158. The molecule has 0 fully saturated rings. The summed E-state index contributed by atoms with van der Waals surface area (Å²) >= 11 is 0. The van der Waals surface area contributed by atoms with Gasteiger partial charge in [0.2, 0.25) is 0 Å². The number of rotatable bonds is 3. The highest BCUT2D eigenvalue weighted by molar-refractivity contribution is 6.14. The van der Waals surface area contributed by atoms with E-state index in [-0.39, 0.29) is 16.2 Å². The second-order valence-corrected chi connectivity index (χ2v) is 18.4. The van der Waals surface area contributed by atoms with Gasteiger partial charge in [-0.15, -0.1) is 0 Å². The van der Waals surface area contributed by atoms with Gasteiger partial charge in [0.1, 0.15) is 0 Å². The molecule has 0 N–H and O–H groups in total. The fourth-order valence-electron chi connectivity index (χ4n) is 11.8. The van der Waals surface area contributed by atoms with E-state index in [1.165, 1.54) is 116 Å². The second-order valence-electron chi connectivity index (χ2n) is 18.4. The molecule has 0 heterocycles. The van der Waals surface area contributed by atoms with Gasteiger partial charge in [-0.3, -0.25) is 0 Å². The van der Waals surface area contributed by atoms with Crippen LogP contribution in [-0.2, 0) is 16.2 Å². The van der Waals surface area contributed by atoms with E-state index in [2.05, 4.69) is 210 Å². The number of nitrogens with zero attached hydrogens (tertiary/aromatic N) is 1. The Labute approximate surface area is 341 Å². The number of benzene rings is 9. The highest BCUT2D eigenvalue weighted by atomic mass is 15.2. The van der Waals surface area contributed by atoms with Crippen LogP contribution in [0, 0.1) is 0 Å². The number of hydrogen-bond donors (Lipinski definition) is 0. The Morgan fingerprint density at radius 3 is 0.879 bits per heavy atom. The zero-order valence-electron chi connectivity index (χ0n) is 34.0. The largest absolute Gasteiger partial charge is 0.309 e. The first-order chi connectivity index (χ1) is 28.1. The Hall–Kier alpha value is -6.44. The Morgan fingerprint density at radius 2 is 0.569 bits per heavy atom. The molecule has 12 rings (SSSR count). The van der Waals surface area contributed by atoms with Gasteiger partial charge in [0, 0.05) is 32.9 Å². The van der Waals surface area contributed by atoms with Gasteiger partial charge >= 0.3 is 0 Å². The van der Waals surface area contributed by atoms with Crippen LogP contribution in [0.15, 0.2) is 164 Å². The summed E-state index contributed by atoms with van der Waals surface area (Å²) in [6.45, 7) is 14.6. The molecule has 3 aliphatic rings. The first kappa shape index (κ1) is 33.7. The molecule has 0 bridgehead atoms. The van der Waals surface area contributed by atoms with Crippen LogP contribution in [0.25, 0.3) is 65.7 Å². The van der Waals surface area contributed by atoms with Crippen molar-refractivity contribution in [3.63, 3.8) is 0 Å². The van der Waals surface area contributed by atoms with Crippen molar-refractivity contribution in [3.05, 3.63) is 197 Å². The third-order valence-corrected chi connectivity index (χ3v) is 14.3. The van der Waals surface area contributed by atoms with Gasteiger partial charge in [0.05, 0.1) is 17.1 Å². The Balaban J connectivity index is 1.34. The molecule has 0 radical (unpaired) electrons. The molecule has 0 spiro atoms. The van der Waals surface area contributed by atoms with Crippen LogP contribution in [0.4, 0.5) is 17.1 Å². The zero-order chi connectivity index (χ0) is 39.3. The van der Waals surface area contributed by atoms with Crippen molar-refractivity contribution in [1.29, 1.82) is 0 Å². The van der Waals surface area contributed by atoms with E-state index in [1.54, 1.807) is 0 Å². The van der Waals surface area contributed by atoms with Gasteiger partial charge in [-0.2, -0.15) is 0 Å². The normalized spacial score (nSPS) is 15.8. The van der Waals surface area contributed by atoms with E-state index in [0.717, 1.165) is 0 Å². The third kappa shape index (κ3) is 4.16. The molecular weight excluding hydrogens is 699 g/mol. The third-order valence-electron chi connectivity index (χ3n) is 14.3. The molecule has 0 aromatic heterocycles. The lowest BCUT2D eigenvalue weighted by molar-refractivity contribution is 0.666. The lowest BCUT2D eigenvalue weighted by Crippen LogP contribution is -2.19. The van der Waals surface area contributed by atoms with Gasteiger partial charge in [-0.25, -0.2) is 0 Å². The molecule has 1 nitrogen and oxygen atoms in total. The average Bonchev–Trinajstić information content (AvgIpc) is 3.75. The molecule has 0 amide bonds. The van der Waals surface area contributed by atoms with Crippen molar-refractivity contribution in [2.24, 2.45) is 0 Å². The van der Waals surface area contributed by atoms with Crippen molar-refractivity contribution in [2.45, 2.75) is 57.8 Å². The van der Waals surface area contributed by atoms with E-state index in [9.17, 15) is 0 Å².